The van der Waals surface area contributed by atoms with Gasteiger partial charge in [0.2, 0.25) is 0 Å². The van der Waals surface area contributed by atoms with Crippen molar-refractivity contribution < 1.29 is 13.9 Å². The van der Waals surface area contributed by atoms with Gasteiger partial charge < -0.3 is 19.2 Å². The highest BCUT2D eigenvalue weighted by Crippen LogP contribution is 2.33. The fourth-order valence-electron chi connectivity index (χ4n) is 2.16. The third-order valence-electron chi connectivity index (χ3n) is 3.18. The molecule has 2 rings (SSSR count). The normalized spacial score (nSPS) is 12.2. The molecule has 2 aromatic rings. The molecule has 0 bridgehead atoms. The molecule has 1 aromatic heterocycles. The van der Waals surface area contributed by atoms with Crippen molar-refractivity contribution in [3.8, 4) is 11.5 Å². The molecule has 0 radical (unpaired) electrons. The second-order valence-electron chi connectivity index (χ2n) is 4.51. The molecule has 0 aliphatic rings. The van der Waals surface area contributed by atoms with Crippen LogP contribution in [-0.2, 0) is 0 Å². The lowest BCUT2D eigenvalue weighted by Gasteiger charge is -2.20. The summed E-state index contributed by atoms with van der Waals surface area (Å²) in [5.74, 6) is 2.44. The fraction of sp³-hybridized carbons (Fsp3) is 0.375. The summed E-state index contributed by atoms with van der Waals surface area (Å²) in [6.45, 7) is 3.04. The van der Waals surface area contributed by atoms with E-state index in [2.05, 4.69) is 12.2 Å². The Hall–Kier alpha value is -1.94. The van der Waals surface area contributed by atoms with Crippen molar-refractivity contribution in [2.24, 2.45) is 0 Å². The van der Waals surface area contributed by atoms with Crippen LogP contribution in [0.4, 0.5) is 0 Å². The lowest BCUT2D eigenvalue weighted by Crippen LogP contribution is -2.23. The van der Waals surface area contributed by atoms with E-state index in [-0.39, 0.29) is 6.04 Å². The number of hydrogen-bond donors (Lipinski definition) is 1. The van der Waals surface area contributed by atoms with Crippen LogP contribution in [0.1, 0.15) is 30.7 Å². The summed E-state index contributed by atoms with van der Waals surface area (Å²) < 4.78 is 16.3. The van der Waals surface area contributed by atoms with Gasteiger partial charge in [-0.25, -0.2) is 0 Å². The average molecular weight is 275 g/mol. The molecule has 1 N–H and O–H groups in total. The van der Waals surface area contributed by atoms with Crippen LogP contribution in [0.5, 0.6) is 11.5 Å². The standard InChI is InChI=1S/C16H21NO3/c1-4-9-17-16(14-6-5-10-20-14)13-8-7-12(18-2)11-15(13)19-3/h5-8,10-11,16-17H,4,9H2,1-3H3. The molecule has 1 atom stereocenters. The van der Waals surface area contributed by atoms with E-state index >= 15 is 0 Å². The number of ether oxygens (including phenoxy) is 2. The number of methoxy groups -OCH3 is 2. The Labute approximate surface area is 119 Å². The van der Waals surface area contributed by atoms with E-state index in [0.29, 0.717) is 0 Å². The first-order chi connectivity index (χ1) is 9.80. The third-order valence-corrected chi connectivity index (χ3v) is 3.18. The molecular formula is C16H21NO3. The van der Waals surface area contributed by atoms with Gasteiger partial charge in [0.1, 0.15) is 17.3 Å². The number of rotatable bonds is 7. The molecule has 20 heavy (non-hydrogen) atoms. The van der Waals surface area contributed by atoms with Gasteiger partial charge in [-0.15, -0.1) is 0 Å². The van der Waals surface area contributed by atoms with Gasteiger partial charge in [-0.1, -0.05) is 6.92 Å². The van der Waals surface area contributed by atoms with Crippen molar-refractivity contribution in [2.45, 2.75) is 19.4 Å². The van der Waals surface area contributed by atoms with Crippen LogP contribution in [0.2, 0.25) is 0 Å². The van der Waals surface area contributed by atoms with E-state index in [1.54, 1.807) is 20.5 Å². The molecule has 0 saturated heterocycles. The topological polar surface area (TPSA) is 43.6 Å². The Morgan fingerprint density at radius 3 is 2.65 bits per heavy atom. The summed E-state index contributed by atoms with van der Waals surface area (Å²) in [7, 11) is 3.31. The van der Waals surface area contributed by atoms with E-state index < -0.39 is 0 Å². The number of furan rings is 1. The molecule has 0 aliphatic heterocycles. The minimum absolute atomic E-state index is 0.0224. The zero-order valence-corrected chi connectivity index (χ0v) is 12.2. The second-order valence-corrected chi connectivity index (χ2v) is 4.51. The van der Waals surface area contributed by atoms with Crippen LogP contribution in [0, 0.1) is 0 Å². The summed E-state index contributed by atoms with van der Waals surface area (Å²) in [6, 6.07) is 9.67. The highest BCUT2D eigenvalue weighted by atomic mass is 16.5. The molecule has 1 unspecified atom stereocenters. The zero-order chi connectivity index (χ0) is 14.4. The van der Waals surface area contributed by atoms with Gasteiger partial charge >= 0.3 is 0 Å². The predicted octanol–water partition coefficient (Wildman–Crippen LogP) is 3.39. The van der Waals surface area contributed by atoms with Crippen molar-refractivity contribution in [3.63, 3.8) is 0 Å². The molecular weight excluding hydrogens is 254 g/mol. The van der Waals surface area contributed by atoms with Crippen LogP contribution >= 0.6 is 0 Å². The molecule has 108 valence electrons. The summed E-state index contributed by atoms with van der Waals surface area (Å²) in [6.07, 6.45) is 2.74. The van der Waals surface area contributed by atoms with E-state index in [9.17, 15) is 0 Å². The Kier molecular flexibility index (Phi) is 5.07. The Balaban J connectivity index is 2.37. The highest BCUT2D eigenvalue weighted by Gasteiger charge is 2.20. The molecule has 4 nitrogen and oxygen atoms in total. The predicted molar refractivity (Wildman–Crippen MR) is 78.4 cm³/mol. The monoisotopic (exact) mass is 275 g/mol. The third kappa shape index (κ3) is 3.14. The van der Waals surface area contributed by atoms with Crippen LogP contribution in [0.3, 0.4) is 0 Å². The van der Waals surface area contributed by atoms with E-state index in [4.69, 9.17) is 13.9 Å². The summed E-state index contributed by atoms with van der Waals surface area (Å²) in [4.78, 5) is 0. The molecule has 4 heteroatoms. The largest absolute Gasteiger partial charge is 0.497 e. The summed E-state index contributed by atoms with van der Waals surface area (Å²) in [5, 5.41) is 3.49. The number of hydrogen-bond acceptors (Lipinski definition) is 4. The Bertz CT molecular complexity index is 523. The molecule has 0 spiro atoms. The van der Waals surface area contributed by atoms with Crippen LogP contribution in [0.15, 0.2) is 41.0 Å². The maximum Gasteiger partial charge on any atom is 0.127 e. The van der Waals surface area contributed by atoms with E-state index in [1.165, 1.54) is 0 Å². The molecule has 0 aliphatic carbocycles. The van der Waals surface area contributed by atoms with Crippen molar-refractivity contribution in [2.75, 3.05) is 20.8 Å². The minimum atomic E-state index is -0.0224. The Morgan fingerprint density at radius 2 is 2.05 bits per heavy atom. The quantitative estimate of drug-likeness (QED) is 0.841. The number of benzene rings is 1. The second kappa shape index (κ2) is 7.01. The summed E-state index contributed by atoms with van der Waals surface area (Å²) in [5.41, 5.74) is 1.04. The van der Waals surface area contributed by atoms with Crippen molar-refractivity contribution in [1.29, 1.82) is 0 Å². The summed E-state index contributed by atoms with van der Waals surface area (Å²) >= 11 is 0. The molecule has 0 saturated carbocycles. The van der Waals surface area contributed by atoms with Gasteiger partial charge in [0.25, 0.3) is 0 Å². The first-order valence-corrected chi connectivity index (χ1v) is 6.78. The number of nitrogens with one attached hydrogen (secondary N) is 1. The van der Waals surface area contributed by atoms with Gasteiger partial charge in [0, 0.05) is 11.6 Å². The maximum absolute atomic E-state index is 5.55. The average Bonchev–Trinajstić information content (AvgIpc) is 3.02. The molecule has 1 aromatic carbocycles. The van der Waals surface area contributed by atoms with Crippen molar-refractivity contribution >= 4 is 0 Å². The lowest BCUT2D eigenvalue weighted by molar-refractivity contribution is 0.380. The Morgan fingerprint density at radius 1 is 1.20 bits per heavy atom. The fourth-order valence-corrected chi connectivity index (χ4v) is 2.16. The first kappa shape index (κ1) is 14.5. The smallest absolute Gasteiger partial charge is 0.127 e. The van der Waals surface area contributed by atoms with Crippen LogP contribution in [0.25, 0.3) is 0 Å². The van der Waals surface area contributed by atoms with E-state index in [1.807, 2.05) is 30.3 Å². The lowest BCUT2D eigenvalue weighted by atomic mass is 10.0. The van der Waals surface area contributed by atoms with Crippen LogP contribution in [-0.4, -0.2) is 20.8 Å². The molecule has 0 fully saturated rings. The molecule has 0 amide bonds. The van der Waals surface area contributed by atoms with Crippen molar-refractivity contribution in [1.82, 2.24) is 5.32 Å². The van der Waals surface area contributed by atoms with Crippen LogP contribution < -0.4 is 14.8 Å². The van der Waals surface area contributed by atoms with Crippen molar-refractivity contribution in [3.05, 3.63) is 47.9 Å². The van der Waals surface area contributed by atoms with Gasteiger partial charge in [0.15, 0.2) is 0 Å². The maximum atomic E-state index is 5.55. The first-order valence-electron chi connectivity index (χ1n) is 6.78. The van der Waals surface area contributed by atoms with Gasteiger partial charge in [0.05, 0.1) is 26.5 Å². The molecule has 1 heterocycles. The minimum Gasteiger partial charge on any atom is -0.497 e. The SMILES string of the molecule is CCCNC(c1ccco1)c1ccc(OC)cc1OC. The van der Waals surface area contributed by atoms with E-state index in [0.717, 1.165) is 35.8 Å². The van der Waals surface area contributed by atoms with Gasteiger partial charge in [-0.2, -0.15) is 0 Å². The highest BCUT2D eigenvalue weighted by molar-refractivity contribution is 5.44. The van der Waals surface area contributed by atoms with Gasteiger partial charge in [-0.3, -0.25) is 0 Å². The zero-order valence-electron chi connectivity index (χ0n) is 12.2. The van der Waals surface area contributed by atoms with Gasteiger partial charge in [-0.05, 0) is 37.2 Å².